The van der Waals surface area contributed by atoms with E-state index in [1.165, 1.54) is 0 Å². The average molecular weight is 486 g/mol. The smallest absolute Gasteiger partial charge is 0.335 e. The highest BCUT2D eigenvalue weighted by molar-refractivity contribution is 5.95. The summed E-state index contributed by atoms with van der Waals surface area (Å²) in [6.07, 6.45) is 5.84. The van der Waals surface area contributed by atoms with Crippen molar-refractivity contribution in [2.24, 2.45) is 0 Å². The molecule has 8 nitrogen and oxygen atoms in total. The lowest BCUT2D eigenvalue weighted by molar-refractivity contribution is 0.0696. The van der Waals surface area contributed by atoms with Crippen LogP contribution < -0.4 is 4.90 Å². The highest BCUT2D eigenvalue weighted by atomic mass is 19.1. The number of carbonyl (C=O) groups is 2. The van der Waals surface area contributed by atoms with E-state index in [2.05, 4.69) is 4.98 Å². The molecule has 2 aliphatic heterocycles. The third-order valence-electron chi connectivity index (χ3n) is 6.87. The number of halogens is 1. The molecule has 1 N–H and O–H groups in total. The number of carboxylic acid groups (broad SMARTS) is 1. The summed E-state index contributed by atoms with van der Waals surface area (Å²) < 4.78 is 15.5. The molecule has 1 unspecified atom stereocenters. The molecule has 182 valence electrons. The summed E-state index contributed by atoms with van der Waals surface area (Å²) in [4.78, 5) is 37.3. The molecule has 5 heterocycles. The minimum Gasteiger partial charge on any atom is -0.478 e. The molecule has 0 aliphatic carbocycles. The molecule has 4 aromatic rings. The molecule has 1 aromatic carbocycles. The van der Waals surface area contributed by atoms with Gasteiger partial charge in [0.05, 0.1) is 17.8 Å². The van der Waals surface area contributed by atoms with Crippen LogP contribution in [0, 0.1) is 0 Å². The SMILES string of the molecule is O=C(O)c1ccc2c(c1)CN(C(=O)c1ccn3cc(Cc4ccnc(N5CCC(F)C5)c4)nc3c1)C2. The van der Waals surface area contributed by atoms with Gasteiger partial charge in [-0.2, -0.15) is 0 Å². The number of amides is 1. The van der Waals surface area contributed by atoms with E-state index in [1.54, 1.807) is 41.4 Å². The number of aromatic nitrogens is 3. The van der Waals surface area contributed by atoms with Crippen LogP contribution in [0.25, 0.3) is 5.65 Å². The minimum atomic E-state index is -0.976. The quantitative estimate of drug-likeness (QED) is 0.463. The number of rotatable bonds is 5. The number of benzene rings is 1. The largest absolute Gasteiger partial charge is 0.478 e. The number of alkyl halides is 1. The normalized spacial score (nSPS) is 17.1. The van der Waals surface area contributed by atoms with Crippen LogP contribution in [-0.2, 0) is 19.5 Å². The number of anilines is 1. The summed E-state index contributed by atoms with van der Waals surface area (Å²) in [7, 11) is 0. The number of carboxylic acids is 1. The Balaban J connectivity index is 1.18. The molecule has 2 aliphatic rings. The first-order valence-electron chi connectivity index (χ1n) is 11.9. The maximum absolute atomic E-state index is 13.6. The second-order valence-corrected chi connectivity index (χ2v) is 9.39. The zero-order chi connectivity index (χ0) is 24.8. The Kier molecular flexibility index (Phi) is 5.40. The van der Waals surface area contributed by atoms with Crippen LogP contribution in [0.2, 0.25) is 0 Å². The maximum atomic E-state index is 13.6. The highest BCUT2D eigenvalue weighted by Crippen LogP contribution is 2.26. The first kappa shape index (κ1) is 22.2. The molecule has 0 radical (unpaired) electrons. The molecule has 1 atom stereocenters. The molecule has 3 aromatic heterocycles. The van der Waals surface area contributed by atoms with Crippen LogP contribution in [0.15, 0.2) is 61.1 Å². The zero-order valence-electron chi connectivity index (χ0n) is 19.5. The van der Waals surface area contributed by atoms with Crippen molar-refractivity contribution in [2.45, 2.75) is 32.1 Å². The van der Waals surface area contributed by atoms with Gasteiger partial charge in [-0.1, -0.05) is 6.07 Å². The number of hydrogen-bond acceptors (Lipinski definition) is 5. The van der Waals surface area contributed by atoms with Gasteiger partial charge >= 0.3 is 5.97 Å². The van der Waals surface area contributed by atoms with E-state index < -0.39 is 12.1 Å². The Morgan fingerprint density at radius 3 is 2.72 bits per heavy atom. The minimum absolute atomic E-state index is 0.120. The van der Waals surface area contributed by atoms with E-state index in [9.17, 15) is 19.1 Å². The van der Waals surface area contributed by atoms with Gasteiger partial charge in [0.15, 0.2) is 0 Å². The molecular formula is C27H24FN5O3. The molecule has 9 heteroatoms. The van der Waals surface area contributed by atoms with Crippen LogP contribution in [0.5, 0.6) is 0 Å². The molecule has 0 spiro atoms. The highest BCUT2D eigenvalue weighted by Gasteiger charge is 2.26. The van der Waals surface area contributed by atoms with Crippen molar-refractivity contribution in [3.05, 3.63) is 94.6 Å². The van der Waals surface area contributed by atoms with Crippen LogP contribution in [0.1, 0.15) is 49.5 Å². The van der Waals surface area contributed by atoms with Gasteiger partial charge in [-0.3, -0.25) is 4.79 Å². The first-order chi connectivity index (χ1) is 17.4. The predicted octanol–water partition coefficient (Wildman–Crippen LogP) is 3.72. The third kappa shape index (κ3) is 4.17. The maximum Gasteiger partial charge on any atom is 0.335 e. The molecule has 1 amide bonds. The van der Waals surface area contributed by atoms with Crippen LogP contribution in [-0.4, -0.2) is 55.5 Å². The first-order valence-corrected chi connectivity index (χ1v) is 11.9. The molecule has 1 fully saturated rings. The second-order valence-electron chi connectivity index (χ2n) is 9.39. The number of fused-ring (bicyclic) bond motifs is 2. The number of aromatic carboxylic acids is 1. The fraction of sp³-hybridized carbons (Fsp3) is 0.259. The number of imidazole rings is 1. The Hall–Kier alpha value is -4.27. The van der Waals surface area contributed by atoms with Crippen molar-refractivity contribution in [3.8, 4) is 0 Å². The van der Waals surface area contributed by atoms with Crippen molar-refractivity contribution >= 4 is 23.3 Å². The van der Waals surface area contributed by atoms with E-state index in [0.29, 0.717) is 50.2 Å². The van der Waals surface area contributed by atoms with E-state index in [1.807, 2.05) is 33.8 Å². The lowest BCUT2D eigenvalue weighted by atomic mass is 10.1. The van der Waals surface area contributed by atoms with E-state index >= 15 is 0 Å². The van der Waals surface area contributed by atoms with Gasteiger partial charge in [-0.15, -0.1) is 0 Å². The van der Waals surface area contributed by atoms with Gasteiger partial charge < -0.3 is 19.3 Å². The summed E-state index contributed by atoms with van der Waals surface area (Å²) in [6.45, 7) is 1.88. The Bertz CT molecular complexity index is 1500. The summed E-state index contributed by atoms with van der Waals surface area (Å²) in [5, 5.41) is 9.23. The third-order valence-corrected chi connectivity index (χ3v) is 6.87. The predicted molar refractivity (Wildman–Crippen MR) is 131 cm³/mol. The van der Waals surface area contributed by atoms with Gasteiger partial charge in [0.1, 0.15) is 17.6 Å². The van der Waals surface area contributed by atoms with Crippen molar-refractivity contribution in [3.63, 3.8) is 0 Å². The molecular weight excluding hydrogens is 461 g/mol. The van der Waals surface area contributed by atoms with Crippen LogP contribution >= 0.6 is 0 Å². The summed E-state index contributed by atoms with van der Waals surface area (Å²) in [6, 6.07) is 12.5. The fourth-order valence-electron chi connectivity index (χ4n) is 4.98. The second kappa shape index (κ2) is 8.75. The topological polar surface area (TPSA) is 91.0 Å². The summed E-state index contributed by atoms with van der Waals surface area (Å²) >= 11 is 0. The Morgan fingerprint density at radius 1 is 1.06 bits per heavy atom. The van der Waals surface area contributed by atoms with Crippen LogP contribution in [0.3, 0.4) is 0 Å². The number of carbonyl (C=O) groups excluding carboxylic acids is 1. The summed E-state index contributed by atoms with van der Waals surface area (Å²) in [5.41, 5.74) is 5.16. The molecule has 0 bridgehead atoms. The lowest BCUT2D eigenvalue weighted by Crippen LogP contribution is -2.25. The van der Waals surface area contributed by atoms with Crippen molar-refractivity contribution in [2.75, 3.05) is 18.0 Å². The Morgan fingerprint density at radius 2 is 1.92 bits per heavy atom. The van der Waals surface area contributed by atoms with Crippen molar-refractivity contribution < 1.29 is 19.1 Å². The Labute approximate surface area is 206 Å². The number of hydrogen-bond donors (Lipinski definition) is 1. The van der Waals surface area contributed by atoms with Crippen molar-refractivity contribution in [1.82, 2.24) is 19.3 Å². The lowest BCUT2D eigenvalue weighted by Gasteiger charge is -2.16. The monoisotopic (exact) mass is 485 g/mol. The van der Waals surface area contributed by atoms with Gasteiger partial charge in [0.25, 0.3) is 5.91 Å². The van der Waals surface area contributed by atoms with Crippen LogP contribution in [0.4, 0.5) is 10.2 Å². The standard InChI is InChI=1S/C27H24FN5O3/c28-22-5-8-31(15-22)24-10-17(3-6-29-24)9-23-16-32-7-4-18(12-25(32)30-23)26(34)33-13-20-2-1-19(27(35)36)11-21(20)14-33/h1-4,6-7,10-12,16,22H,5,8-9,13-15H2,(H,35,36). The molecule has 1 saturated heterocycles. The molecule has 6 rings (SSSR count). The van der Waals surface area contributed by atoms with Gasteiger partial charge in [0.2, 0.25) is 0 Å². The van der Waals surface area contributed by atoms with Gasteiger partial charge in [-0.05, 0) is 59.5 Å². The van der Waals surface area contributed by atoms with E-state index in [-0.39, 0.29) is 11.5 Å². The summed E-state index contributed by atoms with van der Waals surface area (Å²) in [5.74, 6) is -0.312. The number of pyridine rings is 2. The van der Waals surface area contributed by atoms with Gasteiger partial charge in [0, 0.05) is 50.2 Å². The van der Waals surface area contributed by atoms with E-state index in [4.69, 9.17) is 4.98 Å². The van der Waals surface area contributed by atoms with Crippen molar-refractivity contribution in [1.29, 1.82) is 0 Å². The van der Waals surface area contributed by atoms with E-state index in [0.717, 1.165) is 28.2 Å². The zero-order valence-corrected chi connectivity index (χ0v) is 19.5. The molecule has 36 heavy (non-hydrogen) atoms. The average Bonchev–Trinajstić information content (AvgIpc) is 3.60. The molecule has 0 saturated carbocycles. The fourth-order valence-corrected chi connectivity index (χ4v) is 4.98. The number of nitrogens with zero attached hydrogens (tertiary/aromatic N) is 5. The van der Waals surface area contributed by atoms with Gasteiger partial charge in [-0.25, -0.2) is 19.2 Å².